The zero-order valence-corrected chi connectivity index (χ0v) is 14.7. The Bertz CT molecular complexity index is 1050. The van der Waals surface area contributed by atoms with E-state index in [1.54, 1.807) is 18.1 Å². The first-order chi connectivity index (χ1) is 12.6. The molecule has 0 spiro atoms. The molecule has 0 saturated heterocycles. The van der Waals surface area contributed by atoms with Gasteiger partial charge in [-0.25, -0.2) is 15.0 Å². The van der Waals surface area contributed by atoms with E-state index >= 15 is 0 Å². The van der Waals surface area contributed by atoms with Crippen LogP contribution in [0, 0.1) is 6.92 Å². The van der Waals surface area contributed by atoms with Gasteiger partial charge in [-0.3, -0.25) is 4.79 Å². The van der Waals surface area contributed by atoms with Crippen LogP contribution in [0.5, 0.6) is 0 Å². The molecule has 1 amide bonds. The van der Waals surface area contributed by atoms with Crippen LogP contribution in [0.2, 0.25) is 0 Å². The normalized spacial score (nSPS) is 11.2. The maximum atomic E-state index is 11.8. The number of hydrogen-bond donors (Lipinski definition) is 2. The van der Waals surface area contributed by atoms with Gasteiger partial charge in [0, 0.05) is 14.1 Å². The molecule has 0 aliphatic heterocycles. The molecule has 0 aliphatic carbocycles. The number of carbonyl (C=O) groups is 1. The fourth-order valence-electron chi connectivity index (χ4n) is 2.87. The molecular weight excluding hydrogens is 332 g/mol. The van der Waals surface area contributed by atoms with Crippen molar-refractivity contribution >= 4 is 16.9 Å². The van der Waals surface area contributed by atoms with Gasteiger partial charge in [-0.15, -0.1) is 5.10 Å². The van der Waals surface area contributed by atoms with Gasteiger partial charge in [-0.1, -0.05) is 12.1 Å². The molecule has 3 aromatic heterocycles. The number of benzene rings is 1. The summed E-state index contributed by atoms with van der Waals surface area (Å²) in [6.45, 7) is 1.91. The number of H-pyrrole nitrogens is 1. The summed E-state index contributed by atoms with van der Waals surface area (Å²) in [5, 5.41) is 7.10. The first kappa shape index (κ1) is 16.0. The minimum atomic E-state index is -0.153. The molecule has 4 aromatic rings. The van der Waals surface area contributed by atoms with Crippen molar-refractivity contribution in [3.63, 3.8) is 0 Å². The number of imidazole rings is 2. The Morgan fingerprint density at radius 1 is 1.27 bits per heavy atom. The first-order valence-electron chi connectivity index (χ1n) is 8.16. The van der Waals surface area contributed by atoms with Crippen molar-refractivity contribution in [3.05, 3.63) is 42.1 Å². The lowest BCUT2D eigenvalue weighted by molar-refractivity contribution is -0.120. The van der Waals surface area contributed by atoms with Crippen LogP contribution in [0.4, 0.5) is 0 Å². The number of carbonyl (C=O) groups excluding carboxylic acids is 1. The lowest BCUT2D eigenvalue weighted by Crippen LogP contribution is -2.20. The lowest BCUT2D eigenvalue weighted by Gasteiger charge is -2.04. The predicted octanol–water partition coefficient (Wildman–Crippen LogP) is 1.14. The SMILES string of the molecule is CNC(=O)Cc1nc(-c2c(C)ncn2C)n(-c2nc3ccccc3[nH]2)n1. The van der Waals surface area contributed by atoms with Crippen molar-refractivity contribution in [1.82, 2.24) is 39.6 Å². The molecule has 0 aliphatic rings. The number of amides is 1. The monoisotopic (exact) mass is 350 g/mol. The zero-order valence-electron chi connectivity index (χ0n) is 14.7. The topological polar surface area (TPSA) is 106 Å². The summed E-state index contributed by atoms with van der Waals surface area (Å²) < 4.78 is 3.50. The highest BCUT2D eigenvalue weighted by atomic mass is 16.1. The van der Waals surface area contributed by atoms with Crippen molar-refractivity contribution in [2.45, 2.75) is 13.3 Å². The van der Waals surface area contributed by atoms with Crippen molar-refractivity contribution in [3.8, 4) is 17.5 Å². The number of aryl methyl sites for hydroxylation is 2. The number of hydrogen-bond acceptors (Lipinski definition) is 5. The minimum absolute atomic E-state index is 0.0909. The molecule has 0 fully saturated rings. The predicted molar refractivity (Wildman–Crippen MR) is 95.7 cm³/mol. The minimum Gasteiger partial charge on any atom is -0.359 e. The Morgan fingerprint density at radius 3 is 2.77 bits per heavy atom. The van der Waals surface area contributed by atoms with E-state index in [1.165, 1.54) is 0 Å². The second kappa shape index (κ2) is 6.10. The van der Waals surface area contributed by atoms with E-state index in [9.17, 15) is 4.79 Å². The van der Waals surface area contributed by atoms with Gasteiger partial charge in [0.05, 0.1) is 29.5 Å². The number of aromatic amines is 1. The number of aromatic nitrogens is 7. The van der Waals surface area contributed by atoms with Crippen molar-refractivity contribution in [2.24, 2.45) is 7.05 Å². The van der Waals surface area contributed by atoms with Gasteiger partial charge in [-0.05, 0) is 19.1 Å². The van der Waals surface area contributed by atoms with E-state index in [-0.39, 0.29) is 12.3 Å². The summed E-state index contributed by atoms with van der Waals surface area (Å²) >= 11 is 0. The highest BCUT2D eigenvalue weighted by Crippen LogP contribution is 2.24. The van der Waals surface area contributed by atoms with E-state index in [0.29, 0.717) is 17.6 Å². The van der Waals surface area contributed by atoms with Gasteiger partial charge < -0.3 is 14.9 Å². The van der Waals surface area contributed by atoms with E-state index in [1.807, 2.05) is 42.8 Å². The molecule has 132 valence electrons. The molecule has 9 heteroatoms. The zero-order chi connectivity index (χ0) is 18.3. The van der Waals surface area contributed by atoms with Crippen LogP contribution in [0.1, 0.15) is 11.5 Å². The summed E-state index contributed by atoms with van der Waals surface area (Å²) in [6, 6.07) is 7.74. The molecule has 9 nitrogen and oxygen atoms in total. The molecule has 0 saturated carbocycles. The van der Waals surface area contributed by atoms with Crippen molar-refractivity contribution < 1.29 is 4.79 Å². The second-order valence-corrected chi connectivity index (χ2v) is 5.98. The van der Waals surface area contributed by atoms with Crippen LogP contribution >= 0.6 is 0 Å². The smallest absolute Gasteiger partial charge is 0.231 e. The van der Waals surface area contributed by atoms with Gasteiger partial charge in [0.15, 0.2) is 11.6 Å². The quantitative estimate of drug-likeness (QED) is 0.574. The summed E-state index contributed by atoms with van der Waals surface area (Å²) in [5.74, 6) is 1.39. The maximum absolute atomic E-state index is 11.8. The Hall–Kier alpha value is -3.49. The van der Waals surface area contributed by atoms with Crippen LogP contribution in [-0.2, 0) is 18.3 Å². The van der Waals surface area contributed by atoms with Gasteiger partial charge in [0.25, 0.3) is 0 Å². The molecule has 26 heavy (non-hydrogen) atoms. The molecule has 4 rings (SSSR count). The van der Waals surface area contributed by atoms with E-state index < -0.39 is 0 Å². The number of likely N-dealkylation sites (N-methyl/N-ethyl adjacent to an activating group) is 1. The van der Waals surface area contributed by atoms with Crippen LogP contribution in [0.3, 0.4) is 0 Å². The summed E-state index contributed by atoms with van der Waals surface area (Å²) in [6.07, 6.45) is 1.81. The third-order valence-electron chi connectivity index (χ3n) is 4.16. The molecule has 0 bridgehead atoms. The molecule has 0 atom stereocenters. The number of nitrogens with one attached hydrogen (secondary N) is 2. The van der Waals surface area contributed by atoms with Gasteiger partial charge >= 0.3 is 0 Å². The van der Waals surface area contributed by atoms with E-state index in [4.69, 9.17) is 0 Å². The Kier molecular flexibility index (Phi) is 3.76. The number of para-hydroxylation sites is 2. The molecule has 0 unspecified atom stereocenters. The average Bonchev–Trinajstić information content (AvgIpc) is 3.31. The standard InChI is InChI=1S/C17H18N8O/c1-10-15(24(3)9-19-10)16-22-13(8-14(26)18-2)23-25(16)17-20-11-6-4-5-7-12(11)21-17/h4-7,9H,8H2,1-3H3,(H,18,26)(H,20,21). The third-order valence-corrected chi connectivity index (χ3v) is 4.16. The van der Waals surface area contributed by atoms with Crippen LogP contribution in [0.25, 0.3) is 28.5 Å². The highest BCUT2D eigenvalue weighted by molar-refractivity contribution is 5.78. The maximum Gasteiger partial charge on any atom is 0.231 e. The molecule has 1 aromatic carbocycles. The van der Waals surface area contributed by atoms with E-state index in [0.717, 1.165) is 22.4 Å². The summed E-state index contributed by atoms with van der Waals surface area (Å²) in [5.41, 5.74) is 3.38. The summed E-state index contributed by atoms with van der Waals surface area (Å²) in [4.78, 5) is 28.5. The van der Waals surface area contributed by atoms with Crippen molar-refractivity contribution in [1.29, 1.82) is 0 Å². The number of rotatable bonds is 4. The fourth-order valence-corrected chi connectivity index (χ4v) is 2.87. The van der Waals surface area contributed by atoms with Crippen LogP contribution < -0.4 is 5.32 Å². The Balaban J connectivity index is 1.90. The van der Waals surface area contributed by atoms with Crippen molar-refractivity contribution in [2.75, 3.05) is 7.05 Å². The molecule has 0 radical (unpaired) electrons. The Morgan fingerprint density at radius 2 is 2.08 bits per heavy atom. The summed E-state index contributed by atoms with van der Waals surface area (Å²) in [7, 11) is 3.48. The molecule has 3 heterocycles. The van der Waals surface area contributed by atoms with Gasteiger partial charge in [0.1, 0.15) is 5.69 Å². The highest BCUT2D eigenvalue weighted by Gasteiger charge is 2.21. The third kappa shape index (κ3) is 2.63. The van der Waals surface area contributed by atoms with Gasteiger partial charge in [-0.2, -0.15) is 4.68 Å². The van der Waals surface area contributed by atoms with Crippen LogP contribution in [0.15, 0.2) is 30.6 Å². The van der Waals surface area contributed by atoms with E-state index in [2.05, 4.69) is 30.4 Å². The lowest BCUT2D eigenvalue weighted by atomic mass is 10.3. The van der Waals surface area contributed by atoms with Crippen LogP contribution in [-0.4, -0.2) is 47.2 Å². The molecule has 2 N–H and O–H groups in total. The average molecular weight is 350 g/mol. The second-order valence-electron chi connectivity index (χ2n) is 5.98. The fraction of sp³-hybridized carbons (Fsp3) is 0.235. The number of fused-ring (bicyclic) bond motifs is 1. The van der Waals surface area contributed by atoms with Gasteiger partial charge in [0.2, 0.25) is 11.9 Å². The first-order valence-corrected chi connectivity index (χ1v) is 8.16. The molecular formula is C17H18N8O. The number of nitrogens with zero attached hydrogens (tertiary/aromatic N) is 6. The largest absolute Gasteiger partial charge is 0.359 e. The Labute approximate surface area is 149 Å².